The summed E-state index contributed by atoms with van der Waals surface area (Å²) in [5.41, 5.74) is 2.90. The molecule has 0 aromatic heterocycles. The fraction of sp³-hybridized carbons (Fsp3) is 0.393. The molecule has 0 saturated heterocycles. The van der Waals surface area contributed by atoms with E-state index in [2.05, 4.69) is 24.5 Å². The molecule has 0 aliphatic carbocycles. The van der Waals surface area contributed by atoms with E-state index in [1.807, 2.05) is 49.4 Å². The van der Waals surface area contributed by atoms with Crippen LogP contribution in [-0.2, 0) is 16.0 Å². The minimum Gasteiger partial charge on any atom is -0.354 e. The Morgan fingerprint density at radius 3 is 2.44 bits per heavy atom. The van der Waals surface area contributed by atoms with Gasteiger partial charge in [-0.2, -0.15) is 0 Å². The lowest BCUT2D eigenvalue weighted by Crippen LogP contribution is -2.50. The van der Waals surface area contributed by atoms with Crippen LogP contribution in [0.1, 0.15) is 44.4 Å². The van der Waals surface area contributed by atoms with E-state index in [9.17, 15) is 14.4 Å². The fourth-order valence-corrected chi connectivity index (χ4v) is 4.91. The predicted octanol–water partition coefficient (Wildman–Crippen LogP) is 4.30. The maximum absolute atomic E-state index is 14.0. The average Bonchev–Trinajstić information content (AvgIpc) is 3.19. The summed E-state index contributed by atoms with van der Waals surface area (Å²) in [7, 11) is 0. The first-order chi connectivity index (χ1) is 17.3. The third-order valence-electron chi connectivity index (χ3n) is 6.74. The molecule has 2 atom stereocenters. The molecule has 2 N–H and O–H groups in total. The molecule has 2 aromatic rings. The second-order valence-electron chi connectivity index (χ2n) is 9.65. The van der Waals surface area contributed by atoms with E-state index in [4.69, 9.17) is 11.6 Å². The molecule has 190 valence electrons. The monoisotopic (exact) mass is 508 g/mol. The average molecular weight is 509 g/mol. The smallest absolute Gasteiger partial charge is 0.322 e. The highest BCUT2D eigenvalue weighted by atomic mass is 35.5. The van der Waals surface area contributed by atoms with Crippen molar-refractivity contribution in [1.82, 2.24) is 20.4 Å². The van der Waals surface area contributed by atoms with Crippen LogP contribution in [0.3, 0.4) is 0 Å². The van der Waals surface area contributed by atoms with Crippen molar-refractivity contribution in [2.75, 3.05) is 19.6 Å². The maximum Gasteiger partial charge on any atom is 0.322 e. The van der Waals surface area contributed by atoms with Crippen LogP contribution >= 0.6 is 11.6 Å². The van der Waals surface area contributed by atoms with Crippen LogP contribution < -0.4 is 10.6 Å². The lowest BCUT2D eigenvalue weighted by atomic mass is 9.95. The molecule has 7 nitrogen and oxygen atoms in total. The zero-order valence-electron chi connectivity index (χ0n) is 21.0. The number of hydrogen-bond acceptors (Lipinski definition) is 3. The third-order valence-corrected chi connectivity index (χ3v) is 6.99. The first-order valence-corrected chi connectivity index (χ1v) is 12.9. The van der Waals surface area contributed by atoms with Gasteiger partial charge in [-0.1, -0.05) is 67.9 Å². The molecule has 2 heterocycles. The molecular weight excluding hydrogens is 476 g/mol. The van der Waals surface area contributed by atoms with E-state index >= 15 is 0 Å². The largest absolute Gasteiger partial charge is 0.354 e. The van der Waals surface area contributed by atoms with Crippen LogP contribution in [0.4, 0.5) is 4.79 Å². The summed E-state index contributed by atoms with van der Waals surface area (Å²) in [6.45, 7) is 7.26. The number of rotatable bonds is 9. The summed E-state index contributed by atoms with van der Waals surface area (Å²) in [4.78, 5) is 43.6. The Balaban J connectivity index is 1.67. The quantitative estimate of drug-likeness (QED) is 0.530. The van der Waals surface area contributed by atoms with E-state index in [0.717, 1.165) is 17.5 Å². The molecule has 2 aliphatic rings. The lowest BCUT2D eigenvalue weighted by Gasteiger charge is -2.32. The molecule has 0 spiro atoms. The summed E-state index contributed by atoms with van der Waals surface area (Å²) in [6.07, 6.45) is 1.24. The Morgan fingerprint density at radius 1 is 1.11 bits per heavy atom. The van der Waals surface area contributed by atoms with Gasteiger partial charge in [0.25, 0.3) is 5.91 Å². The van der Waals surface area contributed by atoms with Gasteiger partial charge in [0.15, 0.2) is 0 Å². The van der Waals surface area contributed by atoms with Crippen molar-refractivity contribution in [2.24, 2.45) is 5.92 Å². The molecule has 2 unspecified atom stereocenters. The van der Waals surface area contributed by atoms with Crippen LogP contribution in [0.2, 0.25) is 5.02 Å². The highest BCUT2D eigenvalue weighted by molar-refractivity contribution is 6.30. The summed E-state index contributed by atoms with van der Waals surface area (Å²) < 4.78 is 0. The minimum atomic E-state index is -0.697. The number of likely N-dealkylation sites (N-methyl/N-ethyl adjacent to an activating group) is 1. The number of benzene rings is 2. The summed E-state index contributed by atoms with van der Waals surface area (Å²) in [5, 5.41) is 6.59. The second kappa shape index (κ2) is 11.2. The topological polar surface area (TPSA) is 81.8 Å². The lowest BCUT2D eigenvalue weighted by molar-refractivity contribution is -0.136. The zero-order chi connectivity index (χ0) is 25.8. The van der Waals surface area contributed by atoms with Gasteiger partial charge in [-0.25, -0.2) is 4.79 Å². The fourth-order valence-electron chi connectivity index (χ4n) is 4.79. The van der Waals surface area contributed by atoms with Crippen molar-refractivity contribution < 1.29 is 14.4 Å². The van der Waals surface area contributed by atoms with Gasteiger partial charge in [-0.05, 0) is 42.5 Å². The number of hydrogen-bond donors (Lipinski definition) is 2. The van der Waals surface area contributed by atoms with Gasteiger partial charge >= 0.3 is 6.03 Å². The normalized spacial score (nSPS) is 18.4. The van der Waals surface area contributed by atoms with Crippen LogP contribution in [0.5, 0.6) is 0 Å². The van der Waals surface area contributed by atoms with Crippen LogP contribution in [0.25, 0.3) is 0 Å². The molecule has 4 amide bonds. The molecular formula is C28H33ClN4O3. The predicted molar refractivity (Wildman–Crippen MR) is 140 cm³/mol. The highest BCUT2D eigenvalue weighted by Crippen LogP contribution is 2.37. The van der Waals surface area contributed by atoms with Crippen molar-refractivity contribution in [1.29, 1.82) is 0 Å². The first-order valence-electron chi connectivity index (χ1n) is 12.5. The van der Waals surface area contributed by atoms with Crippen LogP contribution in [-0.4, -0.2) is 53.3 Å². The number of urea groups is 1. The number of nitrogens with zero attached hydrogens (tertiary/aromatic N) is 2. The third kappa shape index (κ3) is 5.41. The second-order valence-corrected chi connectivity index (χ2v) is 10.1. The van der Waals surface area contributed by atoms with Gasteiger partial charge in [-0.15, -0.1) is 0 Å². The van der Waals surface area contributed by atoms with Gasteiger partial charge < -0.3 is 15.5 Å². The van der Waals surface area contributed by atoms with E-state index in [1.165, 1.54) is 0 Å². The molecule has 0 saturated carbocycles. The number of carbonyl (C=O) groups is 3. The van der Waals surface area contributed by atoms with E-state index in [1.54, 1.807) is 21.9 Å². The van der Waals surface area contributed by atoms with Crippen molar-refractivity contribution in [3.8, 4) is 0 Å². The van der Waals surface area contributed by atoms with Crippen molar-refractivity contribution in [2.45, 2.75) is 45.7 Å². The molecule has 8 heteroatoms. The molecule has 2 aromatic carbocycles. The highest BCUT2D eigenvalue weighted by Gasteiger charge is 2.46. The Kier molecular flexibility index (Phi) is 7.99. The maximum atomic E-state index is 14.0. The molecule has 0 bridgehead atoms. The molecule has 2 aliphatic heterocycles. The van der Waals surface area contributed by atoms with Gasteiger partial charge in [0.1, 0.15) is 6.04 Å². The summed E-state index contributed by atoms with van der Waals surface area (Å²) in [6, 6.07) is 15.3. The Morgan fingerprint density at radius 2 is 1.81 bits per heavy atom. The Bertz CT molecular complexity index is 1150. The summed E-state index contributed by atoms with van der Waals surface area (Å²) in [5.74, 6) is 0.0389. The van der Waals surface area contributed by atoms with Crippen molar-refractivity contribution in [3.05, 3.63) is 82.0 Å². The molecule has 36 heavy (non-hydrogen) atoms. The zero-order valence-corrected chi connectivity index (χ0v) is 21.7. The minimum absolute atomic E-state index is 0.182. The summed E-state index contributed by atoms with van der Waals surface area (Å²) >= 11 is 6.08. The molecule has 0 fully saturated rings. The van der Waals surface area contributed by atoms with Crippen molar-refractivity contribution in [3.63, 3.8) is 0 Å². The van der Waals surface area contributed by atoms with E-state index in [-0.39, 0.29) is 24.4 Å². The van der Waals surface area contributed by atoms with Crippen LogP contribution in [0.15, 0.2) is 65.9 Å². The molecule has 0 radical (unpaired) electrons. The van der Waals surface area contributed by atoms with Crippen LogP contribution in [0, 0.1) is 5.92 Å². The van der Waals surface area contributed by atoms with Gasteiger partial charge in [0.2, 0.25) is 5.91 Å². The van der Waals surface area contributed by atoms with E-state index in [0.29, 0.717) is 41.7 Å². The van der Waals surface area contributed by atoms with Crippen molar-refractivity contribution >= 4 is 29.4 Å². The SMILES string of the molecule is CCN1C(=O)NC(c2ccc(Cl)cc2)C2=C1CN(C(Cc1ccccc1)C(=O)NCCC(C)C)C2=O. The Labute approximate surface area is 217 Å². The number of nitrogens with one attached hydrogen (secondary N) is 2. The Hall–Kier alpha value is -3.32. The van der Waals surface area contributed by atoms with Gasteiger partial charge in [-0.3, -0.25) is 14.5 Å². The standard InChI is InChI=1S/C28H33ClN4O3/c1-4-32-23-17-33(22(16-19-8-6-5-7-9-19)26(34)30-15-14-18(2)3)27(35)24(23)25(31-28(32)36)20-10-12-21(29)13-11-20/h5-13,18,22,25H,4,14-17H2,1-3H3,(H,30,34)(H,31,36). The number of amides is 4. The number of carbonyl (C=O) groups excluding carboxylic acids is 3. The van der Waals surface area contributed by atoms with Gasteiger partial charge in [0.05, 0.1) is 23.9 Å². The molecule has 4 rings (SSSR count). The number of halogens is 1. The van der Waals surface area contributed by atoms with Gasteiger partial charge in [0, 0.05) is 24.5 Å². The first kappa shape index (κ1) is 25.8. The van der Waals surface area contributed by atoms with E-state index < -0.39 is 12.1 Å².